The van der Waals surface area contributed by atoms with Crippen molar-refractivity contribution in [2.24, 2.45) is 0 Å². The van der Waals surface area contributed by atoms with Crippen molar-refractivity contribution in [2.45, 2.75) is 32.5 Å². The smallest absolute Gasteiger partial charge is 0.195 e. The van der Waals surface area contributed by atoms with Crippen molar-refractivity contribution in [2.75, 3.05) is 13.7 Å². The van der Waals surface area contributed by atoms with Gasteiger partial charge >= 0.3 is 0 Å². The Morgan fingerprint density at radius 1 is 1.42 bits per heavy atom. The molecule has 0 saturated heterocycles. The molecular formula is C8H15NO3. The van der Waals surface area contributed by atoms with Gasteiger partial charge in [-0.2, -0.15) is 5.26 Å². The summed E-state index contributed by atoms with van der Waals surface area (Å²) in [5.74, 6) is -0.716. The van der Waals surface area contributed by atoms with E-state index < -0.39 is 5.79 Å². The number of rotatable bonds is 6. The maximum atomic E-state index is 8.20. The minimum absolute atomic E-state index is 0.417. The van der Waals surface area contributed by atoms with Crippen molar-refractivity contribution in [1.82, 2.24) is 0 Å². The van der Waals surface area contributed by atoms with Gasteiger partial charge in [0.15, 0.2) is 5.79 Å². The molecule has 4 nitrogen and oxygen atoms in total. The minimum Gasteiger partial charge on any atom is -0.351 e. The molecule has 0 aliphatic rings. The van der Waals surface area contributed by atoms with Crippen LogP contribution in [0.4, 0.5) is 0 Å². The third kappa shape index (κ3) is 6.10. The van der Waals surface area contributed by atoms with Crippen LogP contribution in [-0.2, 0) is 14.5 Å². The lowest BCUT2D eigenvalue weighted by atomic mass is 10.4. The lowest BCUT2D eigenvalue weighted by Gasteiger charge is -2.21. The maximum Gasteiger partial charge on any atom is 0.195 e. The summed E-state index contributed by atoms with van der Waals surface area (Å²) in [5.41, 5.74) is 0. The van der Waals surface area contributed by atoms with Gasteiger partial charge in [-0.3, -0.25) is 0 Å². The normalized spacial score (nSPS) is 11.2. The van der Waals surface area contributed by atoms with Gasteiger partial charge in [-0.05, 0) is 20.3 Å². The maximum absolute atomic E-state index is 8.20. The molecule has 0 saturated carbocycles. The molecule has 0 radical (unpaired) electrons. The molecular weight excluding hydrogens is 158 g/mol. The second kappa shape index (κ2) is 5.95. The molecule has 0 spiro atoms. The van der Waals surface area contributed by atoms with Gasteiger partial charge in [0.2, 0.25) is 0 Å². The van der Waals surface area contributed by atoms with E-state index in [0.717, 1.165) is 0 Å². The zero-order chi connectivity index (χ0) is 9.45. The van der Waals surface area contributed by atoms with Gasteiger partial charge in [0.25, 0.3) is 0 Å². The Morgan fingerprint density at radius 2 is 2.08 bits per heavy atom. The van der Waals surface area contributed by atoms with E-state index in [1.165, 1.54) is 0 Å². The van der Waals surface area contributed by atoms with Crippen molar-refractivity contribution < 1.29 is 14.5 Å². The standard InChI is InChI=1S/C8H15NO3/c1-8(2,10-3)12-11-7-5-4-6-9/h4-5,7H2,1-3H3. The van der Waals surface area contributed by atoms with Crippen LogP contribution in [0.3, 0.4) is 0 Å². The Balaban J connectivity index is 3.26. The second-order valence-corrected chi connectivity index (χ2v) is 2.77. The number of methoxy groups -OCH3 is 1. The van der Waals surface area contributed by atoms with E-state index in [1.54, 1.807) is 21.0 Å². The van der Waals surface area contributed by atoms with E-state index >= 15 is 0 Å². The Morgan fingerprint density at radius 3 is 2.58 bits per heavy atom. The van der Waals surface area contributed by atoms with Crippen LogP contribution >= 0.6 is 0 Å². The van der Waals surface area contributed by atoms with Gasteiger partial charge in [-0.1, -0.05) is 0 Å². The van der Waals surface area contributed by atoms with Gasteiger partial charge in [0.05, 0.1) is 12.7 Å². The number of nitrogens with zero attached hydrogens (tertiary/aromatic N) is 1. The van der Waals surface area contributed by atoms with Crippen LogP contribution in [0.2, 0.25) is 0 Å². The molecule has 0 atom stereocenters. The molecule has 70 valence electrons. The summed E-state index contributed by atoms with van der Waals surface area (Å²) in [6.45, 7) is 3.91. The predicted molar refractivity (Wildman–Crippen MR) is 43.0 cm³/mol. The molecule has 0 rings (SSSR count). The first kappa shape index (κ1) is 11.4. The average Bonchev–Trinajstić information content (AvgIpc) is 2.04. The molecule has 0 unspecified atom stereocenters. The number of unbranched alkanes of at least 4 members (excludes halogenated alkanes) is 1. The van der Waals surface area contributed by atoms with E-state index in [0.29, 0.717) is 19.4 Å². The van der Waals surface area contributed by atoms with Crippen LogP contribution in [0.1, 0.15) is 26.7 Å². The highest BCUT2D eigenvalue weighted by atomic mass is 17.2. The first-order valence-electron chi connectivity index (χ1n) is 3.85. The lowest BCUT2D eigenvalue weighted by Crippen LogP contribution is -2.26. The minimum atomic E-state index is -0.716. The quantitative estimate of drug-likeness (QED) is 0.265. The third-order valence-electron chi connectivity index (χ3n) is 1.27. The monoisotopic (exact) mass is 173 g/mol. The van der Waals surface area contributed by atoms with Crippen molar-refractivity contribution >= 4 is 0 Å². The Labute approximate surface area is 73.0 Å². The van der Waals surface area contributed by atoms with E-state index in [2.05, 4.69) is 0 Å². The highest BCUT2D eigenvalue weighted by Crippen LogP contribution is 2.09. The zero-order valence-electron chi connectivity index (χ0n) is 7.79. The Hall–Kier alpha value is -0.630. The summed E-state index contributed by atoms with van der Waals surface area (Å²) >= 11 is 0. The number of ether oxygens (including phenoxy) is 1. The van der Waals surface area contributed by atoms with Crippen molar-refractivity contribution in [1.29, 1.82) is 5.26 Å². The fourth-order valence-corrected chi connectivity index (χ4v) is 0.428. The van der Waals surface area contributed by atoms with Gasteiger partial charge in [-0.15, -0.1) is 0 Å². The molecule has 0 heterocycles. The van der Waals surface area contributed by atoms with Crippen molar-refractivity contribution in [3.63, 3.8) is 0 Å². The van der Waals surface area contributed by atoms with Crippen LogP contribution in [-0.4, -0.2) is 19.5 Å². The molecule has 0 aliphatic carbocycles. The summed E-state index contributed by atoms with van der Waals surface area (Å²) in [4.78, 5) is 9.71. The third-order valence-corrected chi connectivity index (χ3v) is 1.27. The van der Waals surface area contributed by atoms with Gasteiger partial charge in [0.1, 0.15) is 0 Å². The fraction of sp³-hybridized carbons (Fsp3) is 0.875. The summed E-state index contributed by atoms with van der Waals surface area (Å²) in [6.07, 6.45) is 1.16. The molecule has 0 aromatic heterocycles. The van der Waals surface area contributed by atoms with E-state index in [4.69, 9.17) is 19.8 Å². The van der Waals surface area contributed by atoms with Gasteiger partial charge in [0, 0.05) is 13.5 Å². The molecule has 0 aliphatic heterocycles. The summed E-state index contributed by atoms with van der Waals surface area (Å²) in [6, 6.07) is 2.01. The number of nitriles is 1. The van der Waals surface area contributed by atoms with Gasteiger partial charge in [-0.25, -0.2) is 9.78 Å². The summed E-state index contributed by atoms with van der Waals surface area (Å²) < 4.78 is 4.93. The van der Waals surface area contributed by atoms with Crippen LogP contribution in [0.5, 0.6) is 0 Å². The highest BCUT2D eigenvalue weighted by molar-refractivity contribution is 4.67. The first-order chi connectivity index (χ1) is 5.62. The fourth-order valence-electron chi connectivity index (χ4n) is 0.428. The number of hydrogen-bond donors (Lipinski definition) is 0. The predicted octanol–water partition coefficient (Wildman–Crippen LogP) is 1.62. The van der Waals surface area contributed by atoms with Gasteiger partial charge < -0.3 is 4.74 Å². The van der Waals surface area contributed by atoms with Crippen molar-refractivity contribution in [3.8, 4) is 6.07 Å². The Bertz CT molecular complexity index is 151. The molecule has 12 heavy (non-hydrogen) atoms. The molecule has 0 aromatic rings. The average molecular weight is 173 g/mol. The molecule has 0 aromatic carbocycles. The first-order valence-corrected chi connectivity index (χ1v) is 3.85. The molecule has 0 amide bonds. The molecule has 0 bridgehead atoms. The Kier molecular flexibility index (Phi) is 5.64. The SMILES string of the molecule is COC(C)(C)OOCCCC#N. The summed E-state index contributed by atoms with van der Waals surface area (Å²) in [7, 11) is 1.54. The number of hydrogen-bond acceptors (Lipinski definition) is 4. The van der Waals surface area contributed by atoms with Crippen LogP contribution in [0.25, 0.3) is 0 Å². The van der Waals surface area contributed by atoms with Crippen LogP contribution in [0, 0.1) is 11.3 Å². The van der Waals surface area contributed by atoms with E-state index in [-0.39, 0.29) is 0 Å². The van der Waals surface area contributed by atoms with Crippen molar-refractivity contribution in [3.05, 3.63) is 0 Å². The zero-order valence-corrected chi connectivity index (χ0v) is 7.79. The largest absolute Gasteiger partial charge is 0.351 e. The lowest BCUT2D eigenvalue weighted by molar-refractivity contribution is -0.413. The molecule has 0 fully saturated rings. The highest BCUT2D eigenvalue weighted by Gasteiger charge is 2.17. The van der Waals surface area contributed by atoms with E-state index in [9.17, 15) is 0 Å². The van der Waals surface area contributed by atoms with E-state index in [1.807, 2.05) is 6.07 Å². The summed E-state index contributed by atoms with van der Waals surface area (Å²) in [5, 5.41) is 8.20. The molecule has 0 N–H and O–H groups in total. The molecule has 4 heteroatoms. The second-order valence-electron chi connectivity index (χ2n) is 2.77. The van der Waals surface area contributed by atoms with Crippen LogP contribution < -0.4 is 0 Å². The topological polar surface area (TPSA) is 51.5 Å². The van der Waals surface area contributed by atoms with Crippen LogP contribution in [0.15, 0.2) is 0 Å².